The van der Waals surface area contributed by atoms with E-state index in [4.69, 9.17) is 9.47 Å². The Hall–Kier alpha value is -1.80. The van der Waals surface area contributed by atoms with Crippen LogP contribution in [0.2, 0.25) is 0 Å². The van der Waals surface area contributed by atoms with Crippen LogP contribution in [-0.2, 0) is 23.1 Å². The molecule has 2 rings (SSSR count). The van der Waals surface area contributed by atoms with E-state index in [1.807, 2.05) is 32.4 Å². The Morgan fingerprint density at radius 3 is 2.40 bits per heavy atom. The van der Waals surface area contributed by atoms with Crippen LogP contribution in [0.25, 0.3) is 0 Å². The summed E-state index contributed by atoms with van der Waals surface area (Å²) < 4.78 is 14.6. The molecule has 0 saturated heterocycles. The minimum atomic E-state index is -0.472. The molecule has 0 aromatic carbocycles. The normalized spacial score (nSPS) is 11.4. The van der Waals surface area contributed by atoms with Crippen LogP contribution in [-0.4, -0.2) is 43.0 Å². The summed E-state index contributed by atoms with van der Waals surface area (Å²) in [6.45, 7) is 7.36. The summed E-state index contributed by atoms with van der Waals surface area (Å²) in [4.78, 5) is 0. The van der Waals surface area contributed by atoms with Gasteiger partial charge in [-0.1, -0.05) is 5.21 Å². The zero-order chi connectivity index (χ0) is 14.5. The average molecular weight is 280 g/mol. The van der Waals surface area contributed by atoms with E-state index in [0.29, 0.717) is 25.5 Å². The third-order valence-corrected chi connectivity index (χ3v) is 2.92. The van der Waals surface area contributed by atoms with E-state index in [1.54, 1.807) is 10.9 Å². The summed E-state index contributed by atoms with van der Waals surface area (Å²) in [5.41, 5.74) is 0.660. The first-order chi connectivity index (χ1) is 9.65. The van der Waals surface area contributed by atoms with Crippen LogP contribution in [0, 0.1) is 6.92 Å². The molecule has 0 aliphatic rings. The third-order valence-electron chi connectivity index (χ3n) is 2.92. The second-order valence-corrected chi connectivity index (χ2v) is 4.31. The zero-order valence-electron chi connectivity index (χ0n) is 12.3. The van der Waals surface area contributed by atoms with Crippen LogP contribution in [0.5, 0.6) is 0 Å². The summed E-state index contributed by atoms with van der Waals surface area (Å²) >= 11 is 0. The van der Waals surface area contributed by atoms with Crippen molar-refractivity contribution in [3.8, 4) is 0 Å². The van der Waals surface area contributed by atoms with Gasteiger partial charge in [-0.25, -0.2) is 4.68 Å². The molecule has 0 atom stereocenters. The molecule has 8 heteroatoms. The number of nitrogens with zero attached hydrogens (tertiary/aromatic N) is 6. The molecule has 0 spiro atoms. The van der Waals surface area contributed by atoms with Gasteiger partial charge < -0.3 is 14.0 Å². The van der Waals surface area contributed by atoms with E-state index in [2.05, 4.69) is 20.5 Å². The number of aryl methyl sites for hydroxylation is 1. The molecule has 0 aliphatic carbocycles. The van der Waals surface area contributed by atoms with Crippen molar-refractivity contribution in [1.29, 1.82) is 0 Å². The highest BCUT2D eigenvalue weighted by Crippen LogP contribution is 2.16. The number of aromatic nitrogens is 6. The smallest absolute Gasteiger partial charge is 0.204 e. The topological polar surface area (TPSA) is 79.9 Å². The lowest BCUT2D eigenvalue weighted by molar-refractivity contribution is -0.142. The Bertz CT molecular complexity index is 544. The highest BCUT2D eigenvalue weighted by atomic mass is 16.7. The minimum absolute atomic E-state index is 0.472. The van der Waals surface area contributed by atoms with Crippen molar-refractivity contribution in [1.82, 2.24) is 29.8 Å². The van der Waals surface area contributed by atoms with Crippen LogP contribution in [0.4, 0.5) is 0 Å². The van der Waals surface area contributed by atoms with Crippen LogP contribution in [0.3, 0.4) is 0 Å². The van der Waals surface area contributed by atoms with Gasteiger partial charge >= 0.3 is 0 Å². The van der Waals surface area contributed by atoms with Gasteiger partial charge in [0, 0.05) is 20.3 Å². The summed E-state index contributed by atoms with van der Waals surface area (Å²) in [6, 6.07) is 0. The van der Waals surface area contributed by atoms with Gasteiger partial charge in [0.1, 0.15) is 18.1 Å². The molecule has 0 amide bonds. The lowest BCUT2D eigenvalue weighted by atomic mass is 10.4. The molecule has 0 radical (unpaired) electrons. The van der Waals surface area contributed by atoms with Crippen molar-refractivity contribution in [2.75, 3.05) is 13.2 Å². The predicted molar refractivity (Wildman–Crippen MR) is 70.9 cm³/mol. The van der Waals surface area contributed by atoms with Gasteiger partial charge in [-0.2, -0.15) is 0 Å². The van der Waals surface area contributed by atoms with E-state index in [0.717, 1.165) is 11.6 Å². The fraction of sp³-hybridized carbons (Fsp3) is 0.667. The molecule has 0 aliphatic heterocycles. The predicted octanol–water partition coefficient (Wildman–Crippen LogP) is 0.835. The van der Waals surface area contributed by atoms with Crippen LogP contribution in [0.1, 0.15) is 37.5 Å². The molecule has 0 N–H and O–H groups in total. The standard InChI is InChI=1S/C12H20N6O2/c1-5-19-12(20-6-2)10-7-18(16-14-10)8-11-15-13-9(3)17(11)4/h7,12H,5-6,8H2,1-4H3. The number of hydrogen-bond acceptors (Lipinski definition) is 6. The molecule has 8 nitrogen and oxygen atoms in total. The van der Waals surface area contributed by atoms with Crippen molar-refractivity contribution in [2.24, 2.45) is 7.05 Å². The van der Waals surface area contributed by atoms with Crippen molar-refractivity contribution < 1.29 is 9.47 Å². The van der Waals surface area contributed by atoms with Crippen LogP contribution in [0.15, 0.2) is 6.20 Å². The summed E-state index contributed by atoms with van der Waals surface area (Å²) in [5.74, 6) is 1.69. The lowest BCUT2D eigenvalue weighted by Crippen LogP contribution is -2.09. The zero-order valence-corrected chi connectivity index (χ0v) is 12.3. The SMILES string of the molecule is CCOC(OCC)c1cn(Cc2nnc(C)n2C)nn1. The second kappa shape index (κ2) is 6.58. The molecule has 0 bridgehead atoms. The third kappa shape index (κ3) is 3.20. The summed E-state index contributed by atoms with van der Waals surface area (Å²) in [6.07, 6.45) is 1.33. The van der Waals surface area contributed by atoms with Gasteiger partial charge in [0.15, 0.2) is 5.82 Å². The van der Waals surface area contributed by atoms with E-state index < -0.39 is 6.29 Å². The maximum absolute atomic E-state index is 5.49. The van der Waals surface area contributed by atoms with Gasteiger partial charge in [-0.05, 0) is 20.8 Å². The van der Waals surface area contributed by atoms with E-state index >= 15 is 0 Å². The lowest BCUT2D eigenvalue weighted by Gasteiger charge is -2.13. The summed E-state index contributed by atoms with van der Waals surface area (Å²) in [7, 11) is 1.92. The Kier molecular flexibility index (Phi) is 4.80. The summed E-state index contributed by atoms with van der Waals surface area (Å²) in [5, 5.41) is 16.3. The fourth-order valence-corrected chi connectivity index (χ4v) is 1.75. The molecular formula is C12H20N6O2. The molecule has 2 aromatic rings. The first-order valence-electron chi connectivity index (χ1n) is 6.63. The number of rotatable bonds is 7. The van der Waals surface area contributed by atoms with Crippen LogP contribution < -0.4 is 0 Å². The molecule has 2 aromatic heterocycles. The Balaban J connectivity index is 2.09. The maximum Gasteiger partial charge on any atom is 0.204 e. The second-order valence-electron chi connectivity index (χ2n) is 4.31. The molecular weight excluding hydrogens is 260 g/mol. The first-order valence-corrected chi connectivity index (χ1v) is 6.63. The van der Waals surface area contributed by atoms with Crippen molar-refractivity contribution in [3.05, 3.63) is 23.5 Å². The van der Waals surface area contributed by atoms with Crippen LogP contribution >= 0.6 is 0 Å². The highest BCUT2D eigenvalue weighted by molar-refractivity contribution is 4.98. The molecule has 110 valence electrons. The minimum Gasteiger partial charge on any atom is -0.347 e. The van der Waals surface area contributed by atoms with Crippen molar-refractivity contribution in [2.45, 2.75) is 33.6 Å². The number of ether oxygens (including phenoxy) is 2. The van der Waals surface area contributed by atoms with E-state index in [9.17, 15) is 0 Å². The highest BCUT2D eigenvalue weighted by Gasteiger charge is 2.16. The van der Waals surface area contributed by atoms with Gasteiger partial charge in [0.05, 0.1) is 6.20 Å². The number of hydrogen-bond donors (Lipinski definition) is 0. The average Bonchev–Trinajstić information content (AvgIpc) is 3.01. The monoisotopic (exact) mass is 280 g/mol. The van der Waals surface area contributed by atoms with E-state index in [-0.39, 0.29) is 0 Å². The largest absolute Gasteiger partial charge is 0.347 e. The molecule has 0 saturated carbocycles. The van der Waals surface area contributed by atoms with Crippen molar-refractivity contribution in [3.63, 3.8) is 0 Å². The quantitative estimate of drug-likeness (QED) is 0.699. The van der Waals surface area contributed by atoms with Crippen molar-refractivity contribution >= 4 is 0 Å². The van der Waals surface area contributed by atoms with Gasteiger partial charge in [0.25, 0.3) is 0 Å². The molecule has 0 unspecified atom stereocenters. The van der Waals surface area contributed by atoms with E-state index in [1.165, 1.54) is 0 Å². The van der Waals surface area contributed by atoms with Gasteiger partial charge in [0.2, 0.25) is 6.29 Å². The van der Waals surface area contributed by atoms with Gasteiger partial charge in [-0.15, -0.1) is 15.3 Å². The maximum atomic E-state index is 5.49. The molecule has 0 fully saturated rings. The molecule has 20 heavy (non-hydrogen) atoms. The Morgan fingerprint density at radius 2 is 1.85 bits per heavy atom. The molecule has 2 heterocycles. The first kappa shape index (κ1) is 14.6. The fourth-order valence-electron chi connectivity index (χ4n) is 1.75. The Labute approximate surface area is 117 Å². The Morgan fingerprint density at radius 1 is 1.15 bits per heavy atom. The van der Waals surface area contributed by atoms with Gasteiger partial charge in [-0.3, -0.25) is 0 Å².